The smallest absolute Gasteiger partial charge is 0.298 e. The Bertz CT molecular complexity index is 898. The number of imide groups is 1. The molecule has 1 N–H and O–H groups in total. The first-order valence-corrected chi connectivity index (χ1v) is 9.28. The standard InChI is InChI=1S/C17H11ClINO4S/c1-24-13-7-9(6-12(19)15(13)21)8-14-16(22)20(17(23)25-14)11-4-2-10(18)3-5-11/h2-8,21H,1H3. The molecule has 0 saturated carbocycles. The van der Waals surface area contributed by atoms with Crippen LogP contribution in [0.25, 0.3) is 6.08 Å². The van der Waals surface area contributed by atoms with E-state index >= 15 is 0 Å². The van der Waals surface area contributed by atoms with Crippen LogP contribution in [-0.2, 0) is 4.79 Å². The van der Waals surface area contributed by atoms with Gasteiger partial charge in [-0.25, -0.2) is 4.90 Å². The molecule has 0 atom stereocenters. The van der Waals surface area contributed by atoms with Gasteiger partial charge in [0.05, 0.1) is 21.3 Å². The molecule has 0 spiro atoms. The summed E-state index contributed by atoms with van der Waals surface area (Å²) >= 11 is 8.67. The number of carbonyl (C=O) groups is 2. The van der Waals surface area contributed by atoms with Gasteiger partial charge < -0.3 is 9.84 Å². The number of benzene rings is 2. The number of carbonyl (C=O) groups excluding carboxylic acids is 2. The van der Waals surface area contributed by atoms with Crippen LogP contribution in [-0.4, -0.2) is 23.4 Å². The molecule has 3 rings (SSSR count). The minimum absolute atomic E-state index is 0.0366. The summed E-state index contributed by atoms with van der Waals surface area (Å²) in [5.74, 6) is -0.0658. The maximum Gasteiger partial charge on any atom is 0.298 e. The number of hydrogen-bond donors (Lipinski definition) is 1. The summed E-state index contributed by atoms with van der Waals surface area (Å²) in [5.41, 5.74) is 1.12. The molecule has 0 radical (unpaired) electrons. The van der Waals surface area contributed by atoms with E-state index in [-0.39, 0.29) is 11.0 Å². The molecule has 0 unspecified atom stereocenters. The Morgan fingerprint density at radius 2 is 1.92 bits per heavy atom. The van der Waals surface area contributed by atoms with E-state index < -0.39 is 5.91 Å². The van der Waals surface area contributed by atoms with Gasteiger partial charge >= 0.3 is 0 Å². The molecule has 5 nitrogen and oxygen atoms in total. The van der Waals surface area contributed by atoms with Gasteiger partial charge in [-0.1, -0.05) is 11.6 Å². The Morgan fingerprint density at radius 1 is 1.24 bits per heavy atom. The predicted octanol–water partition coefficient (Wildman–Crippen LogP) is 4.90. The summed E-state index contributed by atoms with van der Waals surface area (Å²) in [4.78, 5) is 26.3. The van der Waals surface area contributed by atoms with Gasteiger partial charge in [0.1, 0.15) is 0 Å². The number of thioether (sulfide) groups is 1. The maximum atomic E-state index is 12.6. The van der Waals surface area contributed by atoms with Gasteiger partial charge in [0.15, 0.2) is 11.5 Å². The lowest BCUT2D eigenvalue weighted by Gasteiger charge is -2.12. The van der Waals surface area contributed by atoms with Crippen molar-refractivity contribution in [2.75, 3.05) is 12.0 Å². The highest BCUT2D eigenvalue weighted by molar-refractivity contribution is 14.1. The number of methoxy groups -OCH3 is 1. The first kappa shape index (κ1) is 18.1. The number of halogens is 2. The fourth-order valence-electron chi connectivity index (χ4n) is 2.26. The molecule has 2 amide bonds. The molecule has 1 fully saturated rings. The van der Waals surface area contributed by atoms with Crippen LogP contribution in [0.1, 0.15) is 5.56 Å². The monoisotopic (exact) mass is 487 g/mol. The van der Waals surface area contributed by atoms with Crippen molar-refractivity contribution in [1.82, 2.24) is 0 Å². The predicted molar refractivity (Wildman–Crippen MR) is 107 cm³/mol. The third kappa shape index (κ3) is 3.63. The number of rotatable bonds is 3. The molecule has 8 heteroatoms. The molecule has 0 aromatic heterocycles. The largest absolute Gasteiger partial charge is 0.504 e. The number of ether oxygens (including phenoxy) is 1. The number of anilines is 1. The van der Waals surface area contributed by atoms with Crippen LogP contribution in [0, 0.1) is 3.57 Å². The molecule has 1 aliphatic rings. The van der Waals surface area contributed by atoms with E-state index in [0.29, 0.717) is 30.5 Å². The Kier molecular flexibility index (Phi) is 5.26. The third-order valence-corrected chi connectivity index (χ3v) is 5.39. The summed E-state index contributed by atoms with van der Waals surface area (Å²) in [7, 11) is 1.45. The molecule has 1 saturated heterocycles. The van der Waals surface area contributed by atoms with E-state index in [9.17, 15) is 14.7 Å². The fraction of sp³-hybridized carbons (Fsp3) is 0.0588. The van der Waals surface area contributed by atoms with Crippen molar-refractivity contribution in [1.29, 1.82) is 0 Å². The van der Waals surface area contributed by atoms with Crippen molar-refractivity contribution in [3.8, 4) is 11.5 Å². The Hall–Kier alpha value is -1.71. The zero-order valence-electron chi connectivity index (χ0n) is 12.8. The fourth-order valence-corrected chi connectivity index (χ4v) is 3.86. The first-order chi connectivity index (χ1) is 11.9. The summed E-state index contributed by atoms with van der Waals surface area (Å²) in [5, 5.41) is 10.0. The number of aromatic hydroxyl groups is 1. The van der Waals surface area contributed by atoms with Crippen LogP contribution in [0.3, 0.4) is 0 Å². The summed E-state index contributed by atoms with van der Waals surface area (Å²) < 4.78 is 5.70. The zero-order valence-corrected chi connectivity index (χ0v) is 16.6. The van der Waals surface area contributed by atoms with Gasteiger partial charge in [-0.05, 0) is 82.4 Å². The van der Waals surface area contributed by atoms with E-state index in [1.165, 1.54) is 7.11 Å². The lowest BCUT2D eigenvalue weighted by molar-refractivity contribution is -0.113. The molecule has 1 heterocycles. The normalized spacial score (nSPS) is 16.0. The van der Waals surface area contributed by atoms with Crippen molar-refractivity contribution in [2.45, 2.75) is 0 Å². The van der Waals surface area contributed by atoms with Gasteiger partial charge in [0.2, 0.25) is 0 Å². The zero-order chi connectivity index (χ0) is 18.1. The van der Waals surface area contributed by atoms with Gasteiger partial charge in [-0.3, -0.25) is 9.59 Å². The summed E-state index contributed by atoms with van der Waals surface area (Å²) in [6, 6.07) is 9.79. The van der Waals surface area contributed by atoms with E-state index in [1.54, 1.807) is 42.5 Å². The number of hydrogen-bond acceptors (Lipinski definition) is 5. The summed E-state index contributed by atoms with van der Waals surface area (Å²) in [6.07, 6.45) is 1.60. The van der Waals surface area contributed by atoms with Crippen LogP contribution in [0.5, 0.6) is 11.5 Å². The topological polar surface area (TPSA) is 66.8 Å². The number of phenolic OH excluding ortho intramolecular Hbond substituents is 1. The number of phenols is 1. The van der Waals surface area contributed by atoms with Crippen molar-refractivity contribution < 1.29 is 19.4 Å². The average molecular weight is 488 g/mol. The van der Waals surface area contributed by atoms with Crippen LogP contribution in [0.4, 0.5) is 10.5 Å². The van der Waals surface area contributed by atoms with Gasteiger partial charge in [0, 0.05) is 5.02 Å². The van der Waals surface area contributed by atoms with Gasteiger partial charge in [-0.15, -0.1) is 0 Å². The minimum atomic E-state index is -0.403. The van der Waals surface area contributed by atoms with Crippen LogP contribution in [0.15, 0.2) is 41.3 Å². The Balaban J connectivity index is 1.95. The third-order valence-electron chi connectivity index (χ3n) is 3.45. The first-order valence-electron chi connectivity index (χ1n) is 7.00. The SMILES string of the molecule is COc1cc(C=C2SC(=O)N(c3ccc(Cl)cc3)C2=O)cc(I)c1O. The van der Waals surface area contributed by atoms with Crippen LogP contribution in [0.2, 0.25) is 5.02 Å². The summed E-state index contributed by atoms with van der Waals surface area (Å²) in [6.45, 7) is 0. The highest BCUT2D eigenvalue weighted by atomic mass is 127. The molecule has 1 aliphatic heterocycles. The lowest BCUT2D eigenvalue weighted by Crippen LogP contribution is -2.27. The van der Waals surface area contributed by atoms with Crippen LogP contribution >= 0.6 is 46.0 Å². The van der Waals surface area contributed by atoms with E-state index in [1.807, 2.05) is 22.6 Å². The quantitative estimate of drug-likeness (QED) is 0.493. The molecule has 25 heavy (non-hydrogen) atoms. The highest BCUT2D eigenvalue weighted by Gasteiger charge is 2.36. The van der Waals surface area contributed by atoms with Gasteiger partial charge in [-0.2, -0.15) is 0 Å². The van der Waals surface area contributed by atoms with Crippen molar-refractivity contribution >= 4 is 68.9 Å². The lowest BCUT2D eigenvalue weighted by atomic mass is 10.2. The maximum absolute atomic E-state index is 12.6. The van der Waals surface area contributed by atoms with E-state index in [4.69, 9.17) is 16.3 Å². The average Bonchev–Trinajstić information content (AvgIpc) is 2.85. The van der Waals surface area contributed by atoms with Crippen molar-refractivity contribution in [3.05, 3.63) is 55.5 Å². The Labute approximate surface area is 166 Å². The van der Waals surface area contributed by atoms with E-state index in [2.05, 4.69) is 0 Å². The van der Waals surface area contributed by atoms with Crippen LogP contribution < -0.4 is 9.64 Å². The van der Waals surface area contributed by atoms with Crippen molar-refractivity contribution in [3.63, 3.8) is 0 Å². The number of nitrogens with zero attached hydrogens (tertiary/aromatic N) is 1. The molecule has 2 aromatic rings. The van der Waals surface area contributed by atoms with Crippen molar-refractivity contribution in [2.24, 2.45) is 0 Å². The highest BCUT2D eigenvalue weighted by Crippen LogP contribution is 2.38. The molecular formula is C17H11ClINO4S. The second-order valence-electron chi connectivity index (χ2n) is 5.05. The second kappa shape index (κ2) is 7.27. The molecular weight excluding hydrogens is 477 g/mol. The number of amides is 2. The minimum Gasteiger partial charge on any atom is -0.504 e. The molecule has 0 aliphatic carbocycles. The molecule has 0 bridgehead atoms. The molecule has 128 valence electrons. The Morgan fingerprint density at radius 3 is 2.56 bits per heavy atom. The second-order valence-corrected chi connectivity index (χ2v) is 7.64. The molecule has 2 aromatic carbocycles. The van der Waals surface area contributed by atoms with E-state index in [0.717, 1.165) is 16.7 Å². The van der Waals surface area contributed by atoms with Gasteiger partial charge in [0.25, 0.3) is 11.1 Å².